The summed E-state index contributed by atoms with van der Waals surface area (Å²) in [6.45, 7) is 0.387. The fourth-order valence-electron chi connectivity index (χ4n) is 5.08. The highest BCUT2D eigenvalue weighted by Crippen LogP contribution is 2.36. The van der Waals surface area contributed by atoms with Crippen molar-refractivity contribution in [3.63, 3.8) is 0 Å². The molecule has 1 aliphatic rings. The van der Waals surface area contributed by atoms with Gasteiger partial charge in [-0.05, 0) is 51.9 Å². The summed E-state index contributed by atoms with van der Waals surface area (Å²) >= 11 is 0. The minimum atomic E-state index is -0.419. The predicted molar refractivity (Wildman–Crippen MR) is 138 cm³/mol. The first-order valence-corrected chi connectivity index (χ1v) is 12.0. The van der Waals surface area contributed by atoms with Crippen molar-refractivity contribution in [2.45, 2.75) is 24.9 Å². The van der Waals surface area contributed by atoms with Gasteiger partial charge < -0.3 is 14.7 Å². The lowest BCUT2D eigenvalue weighted by molar-refractivity contribution is -0.136. The maximum Gasteiger partial charge on any atom is 0.235 e. The minimum Gasteiger partial charge on any atom is -0.497 e. The first-order valence-electron chi connectivity index (χ1n) is 12.0. The Hall–Kier alpha value is -3.89. The summed E-state index contributed by atoms with van der Waals surface area (Å²) in [5, 5.41) is 10.4. The van der Waals surface area contributed by atoms with Crippen molar-refractivity contribution in [2.75, 3.05) is 13.7 Å². The topological polar surface area (TPSA) is 49.8 Å². The van der Waals surface area contributed by atoms with E-state index in [0.717, 1.165) is 33.6 Å². The number of rotatable bonds is 6. The molecule has 1 unspecified atom stereocenters. The van der Waals surface area contributed by atoms with Crippen molar-refractivity contribution < 1.29 is 14.6 Å². The molecule has 0 bridgehead atoms. The molecule has 5 rings (SSSR count). The first-order chi connectivity index (χ1) is 17.2. The van der Waals surface area contributed by atoms with Gasteiger partial charge in [0, 0.05) is 6.54 Å². The molecular formula is C31H29NO3. The van der Waals surface area contributed by atoms with Gasteiger partial charge in [-0.3, -0.25) is 4.79 Å². The van der Waals surface area contributed by atoms with E-state index < -0.39 is 5.92 Å². The maximum atomic E-state index is 14.1. The number of aliphatic hydroxyl groups is 1. The highest BCUT2D eigenvalue weighted by Gasteiger charge is 2.35. The van der Waals surface area contributed by atoms with Crippen molar-refractivity contribution in [1.82, 2.24) is 4.90 Å². The van der Waals surface area contributed by atoms with Crippen molar-refractivity contribution in [3.8, 4) is 16.9 Å². The molecule has 0 fully saturated rings. The smallest absolute Gasteiger partial charge is 0.235 e. The van der Waals surface area contributed by atoms with Crippen molar-refractivity contribution in [2.24, 2.45) is 0 Å². The number of aliphatic hydroxyl groups excluding tert-OH is 1. The van der Waals surface area contributed by atoms with Gasteiger partial charge in [-0.25, -0.2) is 0 Å². The second kappa shape index (κ2) is 10.2. The van der Waals surface area contributed by atoms with Gasteiger partial charge in [-0.15, -0.1) is 0 Å². The van der Waals surface area contributed by atoms with E-state index in [1.807, 2.05) is 83.8 Å². The molecule has 4 nitrogen and oxygen atoms in total. The maximum absolute atomic E-state index is 14.1. The number of amides is 1. The zero-order valence-electron chi connectivity index (χ0n) is 19.8. The van der Waals surface area contributed by atoms with Gasteiger partial charge in [-0.2, -0.15) is 0 Å². The zero-order valence-corrected chi connectivity index (χ0v) is 19.8. The van der Waals surface area contributed by atoms with Gasteiger partial charge >= 0.3 is 0 Å². The van der Waals surface area contributed by atoms with E-state index in [0.29, 0.717) is 13.0 Å². The van der Waals surface area contributed by atoms with Crippen molar-refractivity contribution in [1.29, 1.82) is 0 Å². The van der Waals surface area contributed by atoms with Crippen LogP contribution in [0.4, 0.5) is 0 Å². The molecule has 1 N–H and O–H groups in total. The van der Waals surface area contributed by atoms with E-state index in [4.69, 9.17) is 4.74 Å². The van der Waals surface area contributed by atoms with Crippen LogP contribution in [0.15, 0.2) is 103 Å². The molecule has 1 heterocycles. The molecule has 0 saturated heterocycles. The van der Waals surface area contributed by atoms with Gasteiger partial charge in [-0.1, -0.05) is 91.0 Å². The number of methoxy groups -OCH3 is 1. The van der Waals surface area contributed by atoms with Crippen LogP contribution in [0.3, 0.4) is 0 Å². The quantitative estimate of drug-likeness (QED) is 0.414. The Bertz CT molecular complexity index is 1250. The average molecular weight is 464 g/mol. The van der Waals surface area contributed by atoms with Crippen molar-refractivity contribution >= 4 is 5.91 Å². The standard InChI is InChI=1S/C31H29NO3/c1-35-27-17-15-22(16-18-27)28-14-8-13-25-20-32(26(21-33)19-29(25)28)31(34)30(23-9-4-2-5-10-23)24-11-6-3-7-12-24/h2-18,26,30,33H,19-21H2,1H3. The lowest BCUT2D eigenvalue weighted by Crippen LogP contribution is -2.48. The third-order valence-corrected chi connectivity index (χ3v) is 6.90. The minimum absolute atomic E-state index is 0.0157. The number of nitrogens with zero attached hydrogens (tertiary/aromatic N) is 1. The molecule has 1 atom stereocenters. The molecule has 0 saturated carbocycles. The van der Waals surface area contributed by atoms with Crippen molar-refractivity contribution in [3.05, 3.63) is 125 Å². The highest BCUT2D eigenvalue weighted by atomic mass is 16.5. The highest BCUT2D eigenvalue weighted by molar-refractivity contribution is 5.88. The number of hydrogen-bond acceptors (Lipinski definition) is 3. The van der Waals surface area contributed by atoms with Crippen LogP contribution in [-0.4, -0.2) is 35.7 Å². The first kappa shape index (κ1) is 22.9. The summed E-state index contributed by atoms with van der Waals surface area (Å²) in [5.74, 6) is 0.413. The summed E-state index contributed by atoms with van der Waals surface area (Å²) in [4.78, 5) is 16.0. The number of carbonyl (C=O) groups is 1. The van der Waals surface area contributed by atoms with Gasteiger partial charge in [0.2, 0.25) is 5.91 Å². The monoisotopic (exact) mass is 463 g/mol. The molecular weight excluding hydrogens is 434 g/mol. The summed E-state index contributed by atoms with van der Waals surface area (Å²) < 4.78 is 5.31. The number of benzene rings is 4. The molecule has 4 aromatic rings. The molecule has 4 heteroatoms. The Morgan fingerprint density at radius 1 is 0.886 bits per heavy atom. The largest absolute Gasteiger partial charge is 0.497 e. The van der Waals surface area contributed by atoms with Gasteiger partial charge in [0.15, 0.2) is 0 Å². The fourth-order valence-corrected chi connectivity index (χ4v) is 5.08. The molecule has 35 heavy (non-hydrogen) atoms. The number of fused-ring (bicyclic) bond motifs is 1. The third kappa shape index (κ3) is 4.58. The number of hydrogen-bond donors (Lipinski definition) is 1. The van der Waals surface area contributed by atoms with E-state index in [2.05, 4.69) is 24.3 Å². The molecule has 0 spiro atoms. The van der Waals surface area contributed by atoms with Crippen LogP contribution in [0, 0.1) is 0 Å². The Kier molecular flexibility index (Phi) is 6.64. The molecule has 176 valence electrons. The molecule has 1 aliphatic heterocycles. The van der Waals surface area contributed by atoms with E-state index >= 15 is 0 Å². The Morgan fingerprint density at radius 3 is 2.09 bits per heavy atom. The number of ether oxygens (including phenoxy) is 1. The third-order valence-electron chi connectivity index (χ3n) is 6.90. The molecule has 1 amide bonds. The second-order valence-corrected chi connectivity index (χ2v) is 8.93. The molecule has 0 radical (unpaired) electrons. The van der Waals surface area contributed by atoms with E-state index in [1.165, 1.54) is 5.56 Å². The lowest BCUT2D eigenvalue weighted by atomic mass is 9.85. The summed E-state index contributed by atoms with van der Waals surface area (Å²) in [6.07, 6.45) is 0.607. The van der Waals surface area contributed by atoms with Crippen LogP contribution in [0.1, 0.15) is 28.2 Å². The van der Waals surface area contributed by atoms with Gasteiger partial charge in [0.25, 0.3) is 0 Å². The van der Waals surface area contributed by atoms with Crippen LogP contribution >= 0.6 is 0 Å². The van der Waals surface area contributed by atoms with Crippen LogP contribution < -0.4 is 4.74 Å². The zero-order chi connectivity index (χ0) is 24.2. The van der Waals surface area contributed by atoms with Crippen LogP contribution in [0.2, 0.25) is 0 Å². The predicted octanol–water partition coefficient (Wildman–Crippen LogP) is 5.44. The molecule has 0 aromatic heterocycles. The summed E-state index contributed by atoms with van der Waals surface area (Å²) in [7, 11) is 1.66. The van der Waals surface area contributed by atoms with Gasteiger partial charge in [0.1, 0.15) is 5.75 Å². The van der Waals surface area contributed by atoms with Crippen LogP contribution in [0.25, 0.3) is 11.1 Å². The van der Waals surface area contributed by atoms with E-state index in [9.17, 15) is 9.90 Å². The number of carbonyl (C=O) groups excluding carboxylic acids is 1. The lowest BCUT2D eigenvalue weighted by Gasteiger charge is -2.39. The Labute approximate surface area is 206 Å². The molecule has 0 aliphatic carbocycles. The Morgan fingerprint density at radius 2 is 1.51 bits per heavy atom. The average Bonchev–Trinajstić information content (AvgIpc) is 2.93. The SMILES string of the molecule is COc1ccc(-c2cccc3c2CC(CO)N(C(=O)C(c2ccccc2)c2ccccc2)C3)cc1. The second-order valence-electron chi connectivity index (χ2n) is 8.93. The molecule has 4 aromatic carbocycles. The van der Waals surface area contributed by atoms with Crippen LogP contribution in [-0.2, 0) is 17.8 Å². The summed E-state index contributed by atoms with van der Waals surface area (Å²) in [5.41, 5.74) is 6.47. The summed E-state index contributed by atoms with van der Waals surface area (Å²) in [6, 6.07) is 33.8. The normalized spacial score (nSPS) is 15.1. The van der Waals surface area contributed by atoms with Crippen LogP contribution in [0.5, 0.6) is 5.75 Å². The fraction of sp³-hybridized carbons (Fsp3) is 0.194. The van der Waals surface area contributed by atoms with E-state index in [1.54, 1.807) is 7.11 Å². The Balaban J connectivity index is 1.52. The van der Waals surface area contributed by atoms with Gasteiger partial charge in [0.05, 0.1) is 25.7 Å². The van der Waals surface area contributed by atoms with E-state index in [-0.39, 0.29) is 18.6 Å².